The molecule has 1 aliphatic rings. The van der Waals surface area contributed by atoms with E-state index in [0.717, 1.165) is 52.9 Å². The SMILES string of the molecule is CN(Cc1cccc(-c2ccc(Nc3ccccc3C(=O)O)cc2)c1)C(=O)c1n[nH]c2c1CCC2. The van der Waals surface area contributed by atoms with E-state index < -0.39 is 5.97 Å². The molecular formula is C28H26N4O3. The highest BCUT2D eigenvalue weighted by molar-refractivity contribution is 5.95. The Morgan fingerprint density at radius 2 is 1.80 bits per heavy atom. The topological polar surface area (TPSA) is 98.3 Å². The van der Waals surface area contributed by atoms with Crippen LogP contribution in [-0.2, 0) is 19.4 Å². The van der Waals surface area contributed by atoms with Crippen molar-refractivity contribution in [2.45, 2.75) is 25.8 Å². The second-order valence-corrected chi connectivity index (χ2v) is 8.80. The molecule has 0 radical (unpaired) electrons. The van der Waals surface area contributed by atoms with Gasteiger partial charge >= 0.3 is 5.97 Å². The van der Waals surface area contributed by atoms with E-state index in [4.69, 9.17) is 0 Å². The number of carbonyl (C=O) groups excluding carboxylic acids is 1. The van der Waals surface area contributed by atoms with Crippen molar-refractivity contribution in [1.29, 1.82) is 0 Å². The lowest BCUT2D eigenvalue weighted by atomic mass is 10.0. The van der Waals surface area contributed by atoms with Crippen LogP contribution in [0.5, 0.6) is 0 Å². The molecule has 7 nitrogen and oxygen atoms in total. The van der Waals surface area contributed by atoms with E-state index in [1.165, 1.54) is 0 Å². The van der Waals surface area contributed by atoms with Crippen molar-refractivity contribution >= 4 is 23.3 Å². The zero-order valence-electron chi connectivity index (χ0n) is 19.4. The van der Waals surface area contributed by atoms with Gasteiger partial charge in [-0.15, -0.1) is 0 Å². The number of rotatable bonds is 7. The van der Waals surface area contributed by atoms with Crippen LogP contribution in [0.4, 0.5) is 11.4 Å². The van der Waals surface area contributed by atoms with Gasteiger partial charge in [0.25, 0.3) is 5.91 Å². The molecule has 1 amide bonds. The number of benzene rings is 3. The third-order valence-corrected chi connectivity index (χ3v) is 6.36. The van der Waals surface area contributed by atoms with Gasteiger partial charge in [0.2, 0.25) is 0 Å². The van der Waals surface area contributed by atoms with Crippen molar-refractivity contribution in [3.05, 3.63) is 101 Å². The average Bonchev–Trinajstić information content (AvgIpc) is 3.49. The van der Waals surface area contributed by atoms with Gasteiger partial charge in [-0.2, -0.15) is 5.10 Å². The minimum Gasteiger partial charge on any atom is -0.478 e. The molecule has 1 aliphatic carbocycles. The molecule has 1 heterocycles. The summed E-state index contributed by atoms with van der Waals surface area (Å²) >= 11 is 0. The molecule has 1 aromatic heterocycles. The Kier molecular flexibility index (Phi) is 6.06. The minimum atomic E-state index is -0.971. The number of carboxylic acids is 1. The third kappa shape index (κ3) is 4.66. The molecule has 176 valence electrons. The summed E-state index contributed by atoms with van der Waals surface area (Å²) in [6, 6.07) is 22.8. The standard InChI is InChI=1S/C28H26N4O3/c1-32(27(33)26-22-9-5-11-25(22)30-31-26)17-18-6-4-7-20(16-18)19-12-14-21(15-13-19)29-24-10-3-2-8-23(24)28(34)35/h2-4,6-8,10,12-16,29H,5,9,11,17H2,1H3,(H,30,31)(H,34,35). The highest BCUT2D eigenvalue weighted by Crippen LogP contribution is 2.27. The van der Waals surface area contributed by atoms with E-state index in [2.05, 4.69) is 21.6 Å². The summed E-state index contributed by atoms with van der Waals surface area (Å²) in [5.41, 5.74) is 7.38. The largest absolute Gasteiger partial charge is 0.478 e. The van der Waals surface area contributed by atoms with Crippen molar-refractivity contribution in [2.75, 3.05) is 12.4 Å². The van der Waals surface area contributed by atoms with Crippen LogP contribution >= 0.6 is 0 Å². The first-order valence-corrected chi connectivity index (χ1v) is 11.6. The highest BCUT2D eigenvalue weighted by Gasteiger charge is 2.25. The van der Waals surface area contributed by atoms with Gasteiger partial charge in [0.05, 0.1) is 11.3 Å². The normalized spacial score (nSPS) is 12.3. The Bertz CT molecular complexity index is 1390. The molecule has 3 aromatic carbocycles. The van der Waals surface area contributed by atoms with Gasteiger partial charge in [0.1, 0.15) is 0 Å². The number of amides is 1. The number of anilines is 2. The number of nitrogens with one attached hydrogen (secondary N) is 2. The number of hydrogen-bond donors (Lipinski definition) is 3. The fourth-order valence-electron chi connectivity index (χ4n) is 4.55. The lowest BCUT2D eigenvalue weighted by Crippen LogP contribution is -2.27. The van der Waals surface area contributed by atoms with Crippen LogP contribution in [-0.4, -0.2) is 39.1 Å². The lowest BCUT2D eigenvalue weighted by Gasteiger charge is -2.17. The van der Waals surface area contributed by atoms with Gasteiger partial charge < -0.3 is 15.3 Å². The molecule has 0 saturated carbocycles. The van der Waals surface area contributed by atoms with Gasteiger partial charge in [-0.1, -0.05) is 42.5 Å². The maximum Gasteiger partial charge on any atom is 0.337 e. The number of aromatic nitrogens is 2. The summed E-state index contributed by atoms with van der Waals surface area (Å²) in [6.07, 6.45) is 2.93. The molecule has 0 aliphatic heterocycles. The van der Waals surface area contributed by atoms with Gasteiger partial charge in [0, 0.05) is 30.5 Å². The third-order valence-electron chi connectivity index (χ3n) is 6.36. The van der Waals surface area contributed by atoms with Gasteiger partial charge in [-0.3, -0.25) is 9.89 Å². The van der Waals surface area contributed by atoms with Crippen molar-refractivity contribution in [3.8, 4) is 11.1 Å². The number of H-pyrrole nitrogens is 1. The Morgan fingerprint density at radius 1 is 1.00 bits per heavy atom. The van der Waals surface area contributed by atoms with E-state index >= 15 is 0 Å². The van der Waals surface area contributed by atoms with Crippen molar-refractivity contribution in [2.24, 2.45) is 0 Å². The number of aromatic amines is 1. The summed E-state index contributed by atoms with van der Waals surface area (Å²) in [5, 5.41) is 19.8. The number of fused-ring (bicyclic) bond motifs is 1. The predicted octanol–water partition coefficient (Wildman–Crippen LogP) is 5.28. The zero-order chi connectivity index (χ0) is 24.4. The molecular weight excluding hydrogens is 440 g/mol. The van der Waals surface area contributed by atoms with Crippen LogP contribution in [0.3, 0.4) is 0 Å². The molecule has 0 fully saturated rings. The van der Waals surface area contributed by atoms with Crippen LogP contribution in [0, 0.1) is 0 Å². The summed E-state index contributed by atoms with van der Waals surface area (Å²) in [5.74, 6) is -1.03. The monoisotopic (exact) mass is 466 g/mol. The molecule has 5 rings (SSSR count). The Labute approximate surface area is 203 Å². The van der Waals surface area contributed by atoms with E-state index in [1.807, 2.05) is 42.5 Å². The van der Waals surface area contributed by atoms with Crippen molar-refractivity contribution < 1.29 is 14.7 Å². The lowest BCUT2D eigenvalue weighted by molar-refractivity contribution is 0.0697. The number of aromatic carboxylic acids is 1. The number of hydrogen-bond acceptors (Lipinski definition) is 4. The molecule has 0 bridgehead atoms. The summed E-state index contributed by atoms with van der Waals surface area (Å²) < 4.78 is 0. The summed E-state index contributed by atoms with van der Waals surface area (Å²) in [7, 11) is 1.81. The van der Waals surface area contributed by atoms with E-state index in [0.29, 0.717) is 17.9 Å². The molecule has 0 spiro atoms. The fourth-order valence-corrected chi connectivity index (χ4v) is 4.55. The first-order valence-electron chi connectivity index (χ1n) is 11.6. The Morgan fingerprint density at radius 3 is 2.60 bits per heavy atom. The number of carbonyl (C=O) groups is 2. The number of para-hydroxylation sites is 1. The minimum absolute atomic E-state index is 0.0631. The predicted molar refractivity (Wildman–Crippen MR) is 135 cm³/mol. The fraction of sp³-hybridized carbons (Fsp3) is 0.179. The smallest absolute Gasteiger partial charge is 0.337 e. The molecule has 7 heteroatoms. The highest BCUT2D eigenvalue weighted by atomic mass is 16.4. The van der Waals surface area contributed by atoms with Gasteiger partial charge in [-0.05, 0) is 66.3 Å². The van der Waals surface area contributed by atoms with E-state index in [1.54, 1.807) is 36.2 Å². The number of carboxylic acid groups (broad SMARTS) is 1. The van der Waals surface area contributed by atoms with E-state index in [9.17, 15) is 14.7 Å². The summed E-state index contributed by atoms with van der Waals surface area (Å²) in [4.78, 5) is 26.1. The van der Waals surface area contributed by atoms with Gasteiger partial charge in [0.15, 0.2) is 5.69 Å². The second kappa shape index (κ2) is 9.46. The molecule has 3 N–H and O–H groups in total. The number of aryl methyl sites for hydroxylation is 1. The quantitative estimate of drug-likeness (QED) is 0.344. The number of nitrogens with zero attached hydrogens (tertiary/aromatic N) is 2. The van der Waals surface area contributed by atoms with Crippen molar-refractivity contribution in [1.82, 2.24) is 15.1 Å². The van der Waals surface area contributed by atoms with Crippen LogP contribution < -0.4 is 5.32 Å². The second-order valence-electron chi connectivity index (χ2n) is 8.80. The van der Waals surface area contributed by atoms with E-state index in [-0.39, 0.29) is 11.5 Å². The zero-order valence-corrected chi connectivity index (χ0v) is 19.4. The molecule has 0 saturated heterocycles. The molecule has 0 unspecified atom stereocenters. The van der Waals surface area contributed by atoms with Crippen LogP contribution in [0.25, 0.3) is 11.1 Å². The molecule has 0 atom stereocenters. The first kappa shape index (κ1) is 22.4. The van der Waals surface area contributed by atoms with Crippen LogP contribution in [0.1, 0.15) is 44.1 Å². The maximum absolute atomic E-state index is 13.0. The maximum atomic E-state index is 13.0. The molecule has 4 aromatic rings. The van der Waals surface area contributed by atoms with Gasteiger partial charge in [-0.25, -0.2) is 4.79 Å². The Hall–Kier alpha value is -4.39. The molecule has 35 heavy (non-hydrogen) atoms. The average molecular weight is 467 g/mol. The first-order chi connectivity index (χ1) is 17.0. The van der Waals surface area contributed by atoms with Crippen LogP contribution in [0.15, 0.2) is 72.8 Å². The summed E-state index contributed by atoms with van der Waals surface area (Å²) in [6.45, 7) is 0.486. The Balaban J connectivity index is 1.29. The van der Waals surface area contributed by atoms with Crippen LogP contribution in [0.2, 0.25) is 0 Å². The van der Waals surface area contributed by atoms with Crippen molar-refractivity contribution in [3.63, 3.8) is 0 Å².